The van der Waals surface area contributed by atoms with E-state index in [0.717, 1.165) is 31.2 Å². The van der Waals surface area contributed by atoms with Crippen LogP contribution in [0.3, 0.4) is 0 Å². The van der Waals surface area contributed by atoms with Crippen molar-refractivity contribution in [2.45, 2.75) is 32.1 Å². The highest BCUT2D eigenvalue weighted by atomic mass is 16.2. The van der Waals surface area contributed by atoms with Crippen molar-refractivity contribution in [1.29, 1.82) is 0 Å². The molecule has 0 radical (unpaired) electrons. The van der Waals surface area contributed by atoms with Crippen LogP contribution in [0, 0.1) is 11.8 Å². The lowest BCUT2D eigenvalue weighted by molar-refractivity contribution is -0.122. The molecule has 6 nitrogen and oxygen atoms in total. The Bertz CT molecular complexity index is 716. The monoisotopic (exact) mass is 310 g/mol. The standard InChI is InChI=1S/C17H18N4O2/c22-15-12-8-4-5-9-13(12)16(23)21(15)17-18-14(19-20-17)10-11-6-2-1-3-7-11/h1-3,6-7,12-13H,4-5,8-10H2,(H,18,19,20)/t12-,13+. The van der Waals surface area contributed by atoms with Crippen LogP contribution in [0.5, 0.6) is 0 Å². The quantitative estimate of drug-likeness (QED) is 0.880. The molecule has 2 amide bonds. The number of amides is 2. The van der Waals surface area contributed by atoms with E-state index in [2.05, 4.69) is 15.2 Å². The highest BCUT2D eigenvalue weighted by molar-refractivity contribution is 6.21. The van der Waals surface area contributed by atoms with E-state index < -0.39 is 0 Å². The minimum absolute atomic E-state index is 0.134. The minimum Gasteiger partial charge on any atom is -0.274 e. The zero-order chi connectivity index (χ0) is 15.8. The lowest BCUT2D eigenvalue weighted by Crippen LogP contribution is -2.31. The molecule has 1 aromatic heterocycles. The van der Waals surface area contributed by atoms with Crippen molar-refractivity contribution in [2.75, 3.05) is 4.90 Å². The van der Waals surface area contributed by atoms with Crippen molar-refractivity contribution >= 4 is 17.8 Å². The Morgan fingerprint density at radius 2 is 1.70 bits per heavy atom. The second-order valence-corrected chi connectivity index (χ2v) is 6.25. The largest absolute Gasteiger partial charge is 0.274 e. The third-order valence-corrected chi connectivity index (χ3v) is 4.78. The zero-order valence-corrected chi connectivity index (χ0v) is 12.7. The van der Waals surface area contributed by atoms with E-state index in [-0.39, 0.29) is 29.6 Å². The van der Waals surface area contributed by atoms with Crippen LogP contribution in [0.25, 0.3) is 0 Å². The number of fused-ring (bicyclic) bond motifs is 1. The van der Waals surface area contributed by atoms with Crippen molar-refractivity contribution in [3.63, 3.8) is 0 Å². The number of rotatable bonds is 3. The lowest BCUT2D eigenvalue weighted by atomic mass is 9.81. The summed E-state index contributed by atoms with van der Waals surface area (Å²) in [6.45, 7) is 0. The number of nitrogens with zero attached hydrogens (tertiary/aromatic N) is 3. The topological polar surface area (TPSA) is 79.0 Å². The third-order valence-electron chi connectivity index (χ3n) is 4.78. The number of hydrogen-bond donors (Lipinski definition) is 1. The Morgan fingerprint density at radius 1 is 1.04 bits per heavy atom. The number of hydrogen-bond acceptors (Lipinski definition) is 4. The molecule has 1 aliphatic carbocycles. The number of anilines is 1. The molecule has 2 fully saturated rings. The molecular formula is C17H18N4O2. The fraction of sp³-hybridized carbons (Fsp3) is 0.412. The molecule has 0 unspecified atom stereocenters. The molecule has 1 N–H and O–H groups in total. The maximum atomic E-state index is 12.5. The molecule has 118 valence electrons. The fourth-order valence-electron chi connectivity index (χ4n) is 3.61. The first-order valence-corrected chi connectivity index (χ1v) is 8.07. The molecule has 23 heavy (non-hydrogen) atoms. The van der Waals surface area contributed by atoms with Gasteiger partial charge in [0.05, 0.1) is 11.8 Å². The minimum atomic E-state index is -0.174. The number of carbonyl (C=O) groups excluding carboxylic acids is 2. The summed E-state index contributed by atoms with van der Waals surface area (Å²) in [7, 11) is 0. The number of benzene rings is 1. The van der Waals surface area contributed by atoms with Crippen LogP contribution < -0.4 is 4.90 Å². The summed E-state index contributed by atoms with van der Waals surface area (Å²) >= 11 is 0. The summed E-state index contributed by atoms with van der Waals surface area (Å²) in [6.07, 6.45) is 4.22. The van der Waals surface area contributed by atoms with Gasteiger partial charge in [-0.05, 0) is 18.4 Å². The number of nitrogens with one attached hydrogen (secondary N) is 1. The normalized spacial score (nSPS) is 24.1. The molecule has 1 aliphatic heterocycles. The molecule has 1 saturated heterocycles. The fourth-order valence-corrected chi connectivity index (χ4v) is 3.61. The van der Waals surface area contributed by atoms with Gasteiger partial charge in [0.15, 0.2) is 0 Å². The van der Waals surface area contributed by atoms with Gasteiger partial charge in [0.2, 0.25) is 11.8 Å². The van der Waals surface area contributed by atoms with Crippen molar-refractivity contribution in [2.24, 2.45) is 11.8 Å². The molecule has 2 heterocycles. The van der Waals surface area contributed by atoms with Crippen LogP contribution >= 0.6 is 0 Å². The van der Waals surface area contributed by atoms with Crippen LogP contribution in [0.1, 0.15) is 37.1 Å². The molecule has 1 aromatic carbocycles. The maximum absolute atomic E-state index is 12.5. The van der Waals surface area contributed by atoms with Gasteiger partial charge in [-0.1, -0.05) is 43.2 Å². The lowest BCUT2D eigenvalue weighted by Gasteiger charge is -2.19. The number of imide groups is 1. The smallest absolute Gasteiger partial charge is 0.258 e. The van der Waals surface area contributed by atoms with Crippen molar-refractivity contribution in [3.8, 4) is 0 Å². The summed E-state index contributed by atoms with van der Waals surface area (Å²) < 4.78 is 0. The summed E-state index contributed by atoms with van der Waals surface area (Å²) in [6, 6.07) is 9.89. The first-order valence-electron chi connectivity index (χ1n) is 8.07. The highest BCUT2D eigenvalue weighted by Gasteiger charge is 2.50. The number of aromatic amines is 1. The van der Waals surface area contributed by atoms with E-state index in [1.165, 1.54) is 4.90 Å². The van der Waals surface area contributed by atoms with Gasteiger partial charge in [0, 0.05) is 6.42 Å². The Balaban J connectivity index is 1.57. The zero-order valence-electron chi connectivity index (χ0n) is 12.7. The Hall–Kier alpha value is -2.50. The van der Waals surface area contributed by atoms with Crippen LogP contribution in [0.15, 0.2) is 30.3 Å². The predicted molar refractivity (Wildman–Crippen MR) is 83.6 cm³/mol. The summed E-state index contributed by atoms with van der Waals surface area (Å²) in [5.74, 6) is 0.233. The van der Waals surface area contributed by atoms with E-state index in [0.29, 0.717) is 12.2 Å². The average Bonchev–Trinajstić information content (AvgIpc) is 3.12. The molecule has 2 aromatic rings. The van der Waals surface area contributed by atoms with Crippen LogP contribution in [0.2, 0.25) is 0 Å². The van der Waals surface area contributed by atoms with E-state index >= 15 is 0 Å². The summed E-state index contributed by atoms with van der Waals surface area (Å²) in [5, 5.41) is 6.95. The third kappa shape index (κ3) is 2.44. The van der Waals surface area contributed by atoms with E-state index in [9.17, 15) is 9.59 Å². The van der Waals surface area contributed by atoms with Crippen molar-refractivity contribution in [1.82, 2.24) is 15.2 Å². The SMILES string of the molecule is O=C1[C@H]2CCCC[C@H]2C(=O)N1c1n[nH]c(Cc2ccccc2)n1. The van der Waals surface area contributed by atoms with Gasteiger partial charge < -0.3 is 0 Å². The van der Waals surface area contributed by atoms with E-state index in [1.807, 2.05) is 30.3 Å². The number of H-pyrrole nitrogens is 1. The van der Waals surface area contributed by atoms with Crippen LogP contribution in [-0.4, -0.2) is 27.0 Å². The average molecular weight is 310 g/mol. The predicted octanol–water partition coefficient (Wildman–Crippen LogP) is 2.08. The highest BCUT2D eigenvalue weighted by Crippen LogP contribution is 2.39. The van der Waals surface area contributed by atoms with Gasteiger partial charge in [0.1, 0.15) is 5.82 Å². The molecule has 4 rings (SSSR count). The van der Waals surface area contributed by atoms with Crippen molar-refractivity contribution in [3.05, 3.63) is 41.7 Å². The van der Waals surface area contributed by atoms with Gasteiger partial charge in [-0.15, -0.1) is 5.10 Å². The molecule has 0 spiro atoms. The van der Waals surface area contributed by atoms with Gasteiger partial charge in [-0.2, -0.15) is 4.98 Å². The molecule has 2 aliphatic rings. The summed E-state index contributed by atoms with van der Waals surface area (Å²) in [4.78, 5) is 30.6. The summed E-state index contributed by atoms with van der Waals surface area (Å²) in [5.41, 5.74) is 1.10. The second-order valence-electron chi connectivity index (χ2n) is 6.25. The Labute approximate surface area is 133 Å². The number of aromatic nitrogens is 3. The van der Waals surface area contributed by atoms with E-state index in [1.54, 1.807) is 0 Å². The maximum Gasteiger partial charge on any atom is 0.258 e. The second kappa shape index (κ2) is 5.61. The Morgan fingerprint density at radius 3 is 2.35 bits per heavy atom. The Kier molecular flexibility index (Phi) is 3.44. The first-order chi connectivity index (χ1) is 11.2. The molecular weight excluding hydrogens is 292 g/mol. The van der Waals surface area contributed by atoms with Gasteiger partial charge in [-0.3, -0.25) is 14.7 Å². The molecule has 1 saturated carbocycles. The molecule has 2 atom stereocenters. The van der Waals surface area contributed by atoms with Gasteiger partial charge in [0.25, 0.3) is 5.95 Å². The molecule has 6 heteroatoms. The molecule has 0 bridgehead atoms. The van der Waals surface area contributed by atoms with Gasteiger partial charge in [-0.25, -0.2) is 4.90 Å². The van der Waals surface area contributed by atoms with Gasteiger partial charge >= 0.3 is 0 Å². The van der Waals surface area contributed by atoms with E-state index in [4.69, 9.17) is 0 Å². The van der Waals surface area contributed by atoms with Crippen LogP contribution in [-0.2, 0) is 16.0 Å². The van der Waals surface area contributed by atoms with Crippen LogP contribution in [0.4, 0.5) is 5.95 Å². The number of carbonyl (C=O) groups is 2. The van der Waals surface area contributed by atoms with Crippen molar-refractivity contribution < 1.29 is 9.59 Å². The first kappa shape index (κ1) is 14.1.